The fourth-order valence-corrected chi connectivity index (χ4v) is 2.82. The van der Waals surface area contributed by atoms with Crippen LogP contribution in [-0.4, -0.2) is 11.1 Å². The molecule has 2 rings (SSSR count). The highest BCUT2D eigenvalue weighted by Gasteiger charge is 2.20. The second-order valence-electron chi connectivity index (χ2n) is 5.37. The molecule has 2 atom stereocenters. The van der Waals surface area contributed by atoms with Crippen molar-refractivity contribution in [2.24, 2.45) is 5.92 Å². The molecule has 0 heterocycles. The first-order valence-electron chi connectivity index (χ1n) is 6.60. The molecule has 1 aliphatic carbocycles. The largest absolute Gasteiger partial charge is 0.478 e. The van der Waals surface area contributed by atoms with Crippen molar-refractivity contribution in [3.05, 3.63) is 42.0 Å². The number of rotatable bonds is 3. The Kier molecular flexibility index (Phi) is 3.85. The lowest BCUT2D eigenvalue weighted by molar-refractivity contribution is -0.130. The van der Waals surface area contributed by atoms with Gasteiger partial charge in [-0.1, -0.05) is 50.6 Å². The summed E-state index contributed by atoms with van der Waals surface area (Å²) in [6.07, 6.45) is 5.14. The molecule has 18 heavy (non-hydrogen) atoms. The molecule has 0 aromatic heterocycles. The molecule has 1 fully saturated rings. The van der Waals surface area contributed by atoms with Gasteiger partial charge in [0.15, 0.2) is 0 Å². The first-order valence-corrected chi connectivity index (χ1v) is 6.60. The quantitative estimate of drug-likeness (QED) is 0.813. The van der Waals surface area contributed by atoms with Gasteiger partial charge in [0.05, 0.1) is 5.57 Å². The number of carboxylic acids is 1. The molecule has 0 bridgehead atoms. The van der Waals surface area contributed by atoms with Gasteiger partial charge in [0, 0.05) is 0 Å². The standard InChI is InChI=1S/C16H20O2/c1-11-4-3-5-15(10-11)14-8-6-13(7-9-14)12(2)16(17)18/h6-9,11,15H,2-5,10H2,1H3,(H,17,18). The maximum absolute atomic E-state index is 10.8. The normalized spacial score (nSPS) is 23.6. The van der Waals surface area contributed by atoms with E-state index in [0.717, 1.165) is 5.92 Å². The molecule has 0 aliphatic heterocycles. The molecule has 1 aromatic carbocycles. The fourth-order valence-electron chi connectivity index (χ4n) is 2.82. The summed E-state index contributed by atoms with van der Waals surface area (Å²) in [7, 11) is 0. The Morgan fingerprint density at radius 2 is 1.94 bits per heavy atom. The first-order chi connectivity index (χ1) is 8.58. The van der Waals surface area contributed by atoms with Gasteiger partial charge in [-0.05, 0) is 35.8 Å². The number of benzene rings is 1. The predicted molar refractivity (Wildman–Crippen MR) is 73.5 cm³/mol. The van der Waals surface area contributed by atoms with Crippen LogP contribution < -0.4 is 0 Å². The fraction of sp³-hybridized carbons (Fsp3) is 0.438. The van der Waals surface area contributed by atoms with Crippen LogP contribution in [0.2, 0.25) is 0 Å². The zero-order valence-electron chi connectivity index (χ0n) is 10.9. The zero-order valence-corrected chi connectivity index (χ0v) is 10.9. The summed E-state index contributed by atoms with van der Waals surface area (Å²) < 4.78 is 0. The molecule has 0 radical (unpaired) electrons. The van der Waals surface area contributed by atoms with Gasteiger partial charge in [-0.2, -0.15) is 0 Å². The molecule has 0 saturated heterocycles. The number of aliphatic carboxylic acids is 1. The van der Waals surface area contributed by atoms with Crippen LogP contribution in [0.25, 0.3) is 5.57 Å². The molecule has 0 spiro atoms. The molecular formula is C16H20O2. The lowest BCUT2D eigenvalue weighted by Gasteiger charge is -2.27. The van der Waals surface area contributed by atoms with E-state index < -0.39 is 5.97 Å². The van der Waals surface area contributed by atoms with Crippen LogP contribution >= 0.6 is 0 Å². The van der Waals surface area contributed by atoms with Crippen molar-refractivity contribution >= 4 is 11.5 Å². The van der Waals surface area contributed by atoms with E-state index in [1.54, 1.807) is 0 Å². The molecule has 2 unspecified atom stereocenters. The second-order valence-corrected chi connectivity index (χ2v) is 5.37. The van der Waals surface area contributed by atoms with Crippen molar-refractivity contribution in [1.82, 2.24) is 0 Å². The number of carboxylic acid groups (broad SMARTS) is 1. The molecule has 2 nitrogen and oxygen atoms in total. The number of carbonyl (C=O) groups is 1. The summed E-state index contributed by atoms with van der Waals surface area (Å²) in [5.41, 5.74) is 2.21. The number of hydrogen-bond acceptors (Lipinski definition) is 1. The Hall–Kier alpha value is -1.57. The van der Waals surface area contributed by atoms with Crippen LogP contribution in [0.15, 0.2) is 30.8 Å². The third-order valence-electron chi connectivity index (χ3n) is 3.93. The highest BCUT2D eigenvalue weighted by molar-refractivity contribution is 6.14. The van der Waals surface area contributed by atoms with Crippen LogP contribution in [0.5, 0.6) is 0 Å². The van der Waals surface area contributed by atoms with E-state index in [1.807, 2.05) is 12.1 Å². The summed E-state index contributed by atoms with van der Waals surface area (Å²) in [6, 6.07) is 7.88. The van der Waals surface area contributed by atoms with E-state index in [4.69, 9.17) is 5.11 Å². The second kappa shape index (κ2) is 5.38. The van der Waals surface area contributed by atoms with E-state index in [0.29, 0.717) is 11.5 Å². The minimum atomic E-state index is -0.950. The number of hydrogen-bond donors (Lipinski definition) is 1. The van der Waals surface area contributed by atoms with Gasteiger partial charge in [0.2, 0.25) is 0 Å². The smallest absolute Gasteiger partial charge is 0.335 e. The van der Waals surface area contributed by atoms with Crippen molar-refractivity contribution in [2.45, 2.75) is 38.5 Å². The van der Waals surface area contributed by atoms with E-state index >= 15 is 0 Å². The summed E-state index contributed by atoms with van der Waals surface area (Å²) in [5.74, 6) is 0.493. The summed E-state index contributed by atoms with van der Waals surface area (Å²) in [5, 5.41) is 8.89. The van der Waals surface area contributed by atoms with Gasteiger partial charge in [0.25, 0.3) is 0 Å². The lowest BCUT2D eigenvalue weighted by atomic mass is 9.78. The van der Waals surface area contributed by atoms with Gasteiger partial charge in [-0.3, -0.25) is 0 Å². The highest BCUT2D eigenvalue weighted by atomic mass is 16.4. The van der Waals surface area contributed by atoms with Gasteiger partial charge in [-0.25, -0.2) is 4.79 Å². The molecular weight excluding hydrogens is 224 g/mol. The third-order valence-corrected chi connectivity index (χ3v) is 3.93. The molecule has 1 aromatic rings. The molecule has 1 saturated carbocycles. The van der Waals surface area contributed by atoms with Gasteiger partial charge in [-0.15, -0.1) is 0 Å². The average molecular weight is 244 g/mol. The van der Waals surface area contributed by atoms with Gasteiger partial charge in [0.1, 0.15) is 0 Å². The Bertz CT molecular complexity index is 445. The van der Waals surface area contributed by atoms with E-state index in [-0.39, 0.29) is 5.57 Å². The van der Waals surface area contributed by atoms with Crippen molar-refractivity contribution in [3.63, 3.8) is 0 Å². The third kappa shape index (κ3) is 2.81. The first kappa shape index (κ1) is 12.9. The van der Waals surface area contributed by atoms with Crippen molar-refractivity contribution in [2.75, 3.05) is 0 Å². The Morgan fingerprint density at radius 1 is 1.28 bits per heavy atom. The van der Waals surface area contributed by atoms with Crippen LogP contribution in [0.4, 0.5) is 0 Å². The van der Waals surface area contributed by atoms with Crippen LogP contribution in [0.3, 0.4) is 0 Å². The predicted octanol–water partition coefficient (Wildman–Crippen LogP) is 4.08. The Morgan fingerprint density at radius 3 is 2.50 bits per heavy atom. The van der Waals surface area contributed by atoms with E-state index in [1.165, 1.54) is 31.2 Å². The topological polar surface area (TPSA) is 37.3 Å². The van der Waals surface area contributed by atoms with E-state index in [2.05, 4.69) is 25.6 Å². The zero-order chi connectivity index (χ0) is 13.1. The lowest BCUT2D eigenvalue weighted by Crippen LogP contribution is -2.11. The highest BCUT2D eigenvalue weighted by Crippen LogP contribution is 2.36. The van der Waals surface area contributed by atoms with Crippen LogP contribution in [0, 0.1) is 5.92 Å². The summed E-state index contributed by atoms with van der Waals surface area (Å²) in [4.78, 5) is 10.8. The van der Waals surface area contributed by atoms with Gasteiger partial charge < -0.3 is 5.11 Å². The van der Waals surface area contributed by atoms with Crippen molar-refractivity contribution in [3.8, 4) is 0 Å². The maximum atomic E-state index is 10.8. The van der Waals surface area contributed by atoms with Crippen LogP contribution in [-0.2, 0) is 4.79 Å². The van der Waals surface area contributed by atoms with Gasteiger partial charge >= 0.3 is 5.97 Å². The molecule has 1 N–H and O–H groups in total. The molecule has 0 amide bonds. The Labute approximate surface area is 108 Å². The SMILES string of the molecule is C=C(C(=O)O)c1ccc(C2CCCC(C)C2)cc1. The average Bonchev–Trinajstić information content (AvgIpc) is 2.38. The summed E-state index contributed by atoms with van der Waals surface area (Å²) in [6.45, 7) is 5.89. The molecule has 1 aliphatic rings. The minimum Gasteiger partial charge on any atom is -0.478 e. The molecule has 2 heteroatoms. The maximum Gasteiger partial charge on any atom is 0.335 e. The molecule has 96 valence electrons. The van der Waals surface area contributed by atoms with Crippen LogP contribution in [0.1, 0.15) is 49.7 Å². The monoisotopic (exact) mass is 244 g/mol. The Balaban J connectivity index is 2.12. The van der Waals surface area contributed by atoms with E-state index in [9.17, 15) is 4.79 Å². The summed E-state index contributed by atoms with van der Waals surface area (Å²) >= 11 is 0. The minimum absolute atomic E-state index is 0.165. The van der Waals surface area contributed by atoms with Crippen molar-refractivity contribution < 1.29 is 9.90 Å². The van der Waals surface area contributed by atoms with Crippen molar-refractivity contribution in [1.29, 1.82) is 0 Å².